The molecule has 0 aromatic heterocycles. The number of para-hydroxylation sites is 1. The summed E-state index contributed by atoms with van der Waals surface area (Å²) in [6.45, 7) is 1.90. The molecule has 2 aromatic rings. The molecule has 0 heterocycles. The lowest BCUT2D eigenvalue weighted by atomic mass is 10.1. The Kier molecular flexibility index (Phi) is 7.38. The first-order valence-electron chi connectivity index (χ1n) is 8.56. The standard InChI is InChI=1S/C20H22N2O6/c1-4-28-20(25)14-7-5-6-8-15(14)21-18(23)12-19(24)22-16-11-13(26-2)9-10-17(16)27-3/h5-11H,4,12H2,1-3H3,(H,21,23)(H,22,24). The number of hydrogen-bond donors (Lipinski definition) is 2. The monoisotopic (exact) mass is 386 g/mol. The van der Waals surface area contributed by atoms with Crippen molar-refractivity contribution in [2.75, 3.05) is 31.5 Å². The van der Waals surface area contributed by atoms with Crippen molar-refractivity contribution in [2.45, 2.75) is 13.3 Å². The number of amides is 2. The van der Waals surface area contributed by atoms with Crippen LogP contribution >= 0.6 is 0 Å². The van der Waals surface area contributed by atoms with Crippen LogP contribution in [0.1, 0.15) is 23.7 Å². The average molecular weight is 386 g/mol. The van der Waals surface area contributed by atoms with Gasteiger partial charge in [0.05, 0.1) is 37.8 Å². The van der Waals surface area contributed by atoms with Crippen molar-refractivity contribution < 1.29 is 28.6 Å². The molecule has 2 aromatic carbocycles. The van der Waals surface area contributed by atoms with E-state index in [0.717, 1.165) is 0 Å². The summed E-state index contributed by atoms with van der Waals surface area (Å²) in [4.78, 5) is 36.4. The number of carbonyl (C=O) groups is 3. The minimum Gasteiger partial charge on any atom is -0.497 e. The van der Waals surface area contributed by atoms with Crippen LogP contribution in [0.15, 0.2) is 42.5 Å². The van der Waals surface area contributed by atoms with Crippen molar-refractivity contribution in [1.29, 1.82) is 0 Å². The van der Waals surface area contributed by atoms with Gasteiger partial charge >= 0.3 is 5.97 Å². The Morgan fingerprint density at radius 2 is 1.57 bits per heavy atom. The Bertz CT molecular complexity index is 866. The Hall–Kier alpha value is -3.55. The van der Waals surface area contributed by atoms with Crippen LogP contribution in [0.5, 0.6) is 11.5 Å². The number of esters is 1. The molecule has 0 saturated heterocycles. The molecular weight excluding hydrogens is 364 g/mol. The number of anilines is 2. The summed E-state index contributed by atoms with van der Waals surface area (Å²) in [5, 5.41) is 5.18. The molecule has 28 heavy (non-hydrogen) atoms. The van der Waals surface area contributed by atoms with Crippen LogP contribution in [0, 0.1) is 0 Å². The van der Waals surface area contributed by atoms with Crippen LogP contribution in [0.25, 0.3) is 0 Å². The number of hydrogen-bond acceptors (Lipinski definition) is 6. The number of rotatable bonds is 8. The van der Waals surface area contributed by atoms with Crippen molar-refractivity contribution >= 4 is 29.2 Å². The number of benzene rings is 2. The summed E-state index contributed by atoms with van der Waals surface area (Å²) in [6.07, 6.45) is -0.447. The summed E-state index contributed by atoms with van der Waals surface area (Å²) in [5.41, 5.74) is 0.872. The summed E-state index contributed by atoms with van der Waals surface area (Å²) in [7, 11) is 2.97. The van der Waals surface area contributed by atoms with E-state index in [9.17, 15) is 14.4 Å². The Labute approximate surface area is 162 Å². The van der Waals surface area contributed by atoms with Gasteiger partial charge in [-0.3, -0.25) is 9.59 Å². The first-order valence-corrected chi connectivity index (χ1v) is 8.56. The quantitative estimate of drug-likeness (QED) is 0.534. The predicted molar refractivity (Wildman–Crippen MR) is 104 cm³/mol. The van der Waals surface area contributed by atoms with E-state index in [2.05, 4.69) is 10.6 Å². The van der Waals surface area contributed by atoms with E-state index in [1.807, 2.05) is 0 Å². The van der Waals surface area contributed by atoms with E-state index < -0.39 is 24.2 Å². The summed E-state index contributed by atoms with van der Waals surface area (Å²) in [6, 6.07) is 11.3. The van der Waals surface area contributed by atoms with E-state index in [1.54, 1.807) is 43.3 Å². The summed E-state index contributed by atoms with van der Waals surface area (Å²) < 4.78 is 15.3. The molecule has 0 spiro atoms. The SMILES string of the molecule is CCOC(=O)c1ccccc1NC(=O)CC(=O)Nc1cc(OC)ccc1OC. The minimum atomic E-state index is -0.573. The van der Waals surface area contributed by atoms with Gasteiger partial charge in [-0.25, -0.2) is 4.79 Å². The highest BCUT2D eigenvalue weighted by atomic mass is 16.5. The molecule has 0 saturated carbocycles. The van der Waals surface area contributed by atoms with Gasteiger partial charge in [0.25, 0.3) is 0 Å². The van der Waals surface area contributed by atoms with Gasteiger partial charge in [-0.15, -0.1) is 0 Å². The van der Waals surface area contributed by atoms with Gasteiger partial charge in [0.2, 0.25) is 11.8 Å². The van der Waals surface area contributed by atoms with E-state index in [4.69, 9.17) is 14.2 Å². The third kappa shape index (κ3) is 5.47. The fourth-order valence-electron chi connectivity index (χ4n) is 2.43. The fourth-order valence-corrected chi connectivity index (χ4v) is 2.43. The summed E-state index contributed by atoms with van der Waals surface area (Å²) in [5.74, 6) is -0.705. The molecule has 0 aliphatic carbocycles. The van der Waals surface area contributed by atoms with Gasteiger partial charge in [0.1, 0.15) is 17.9 Å². The minimum absolute atomic E-state index is 0.214. The maximum absolute atomic E-state index is 12.2. The average Bonchev–Trinajstić information content (AvgIpc) is 2.68. The topological polar surface area (TPSA) is 103 Å². The van der Waals surface area contributed by atoms with Crippen LogP contribution in [0.3, 0.4) is 0 Å². The van der Waals surface area contributed by atoms with Gasteiger partial charge < -0.3 is 24.8 Å². The second-order valence-corrected chi connectivity index (χ2v) is 5.61. The third-order valence-electron chi connectivity index (χ3n) is 3.70. The maximum atomic E-state index is 12.2. The maximum Gasteiger partial charge on any atom is 0.340 e. The van der Waals surface area contributed by atoms with Crippen LogP contribution < -0.4 is 20.1 Å². The molecule has 0 atom stereocenters. The molecule has 0 aliphatic heterocycles. The zero-order valence-electron chi connectivity index (χ0n) is 15.9. The highest BCUT2D eigenvalue weighted by Gasteiger charge is 2.17. The van der Waals surface area contributed by atoms with Crippen molar-refractivity contribution in [2.24, 2.45) is 0 Å². The second-order valence-electron chi connectivity index (χ2n) is 5.61. The molecule has 0 fully saturated rings. The zero-order chi connectivity index (χ0) is 20.5. The van der Waals surface area contributed by atoms with Crippen molar-refractivity contribution in [1.82, 2.24) is 0 Å². The van der Waals surface area contributed by atoms with E-state index >= 15 is 0 Å². The molecule has 8 nitrogen and oxygen atoms in total. The lowest BCUT2D eigenvalue weighted by Gasteiger charge is -2.12. The lowest BCUT2D eigenvalue weighted by Crippen LogP contribution is -2.22. The van der Waals surface area contributed by atoms with Crippen LogP contribution in [-0.4, -0.2) is 38.6 Å². The van der Waals surface area contributed by atoms with Crippen molar-refractivity contribution in [3.63, 3.8) is 0 Å². The lowest BCUT2D eigenvalue weighted by molar-refractivity contribution is -0.123. The highest BCUT2D eigenvalue weighted by molar-refractivity contribution is 6.10. The van der Waals surface area contributed by atoms with E-state index in [0.29, 0.717) is 17.2 Å². The molecule has 0 aliphatic rings. The molecule has 148 valence electrons. The highest BCUT2D eigenvalue weighted by Crippen LogP contribution is 2.29. The molecule has 2 rings (SSSR count). The summed E-state index contributed by atoms with van der Waals surface area (Å²) >= 11 is 0. The third-order valence-corrected chi connectivity index (χ3v) is 3.70. The first kappa shape index (κ1) is 20.8. The van der Waals surface area contributed by atoms with Gasteiger partial charge in [0, 0.05) is 6.07 Å². The Balaban J connectivity index is 2.04. The molecule has 2 amide bonds. The van der Waals surface area contributed by atoms with Crippen LogP contribution in [0.4, 0.5) is 11.4 Å². The Morgan fingerprint density at radius 1 is 0.893 bits per heavy atom. The Morgan fingerprint density at radius 3 is 2.21 bits per heavy atom. The molecule has 2 N–H and O–H groups in total. The van der Waals surface area contributed by atoms with Gasteiger partial charge in [0.15, 0.2) is 0 Å². The molecule has 0 radical (unpaired) electrons. The molecular formula is C20H22N2O6. The van der Waals surface area contributed by atoms with Crippen molar-refractivity contribution in [3.05, 3.63) is 48.0 Å². The van der Waals surface area contributed by atoms with Crippen LogP contribution in [-0.2, 0) is 14.3 Å². The number of ether oxygens (including phenoxy) is 3. The van der Waals surface area contributed by atoms with Gasteiger partial charge in [-0.05, 0) is 31.2 Å². The molecule has 0 bridgehead atoms. The number of nitrogens with one attached hydrogen (secondary N) is 2. The molecule has 0 unspecified atom stereocenters. The smallest absolute Gasteiger partial charge is 0.340 e. The van der Waals surface area contributed by atoms with Crippen LogP contribution in [0.2, 0.25) is 0 Å². The predicted octanol–water partition coefficient (Wildman–Crippen LogP) is 2.85. The largest absolute Gasteiger partial charge is 0.497 e. The zero-order valence-corrected chi connectivity index (χ0v) is 15.9. The van der Waals surface area contributed by atoms with E-state index in [1.165, 1.54) is 20.3 Å². The number of carbonyl (C=O) groups excluding carboxylic acids is 3. The van der Waals surface area contributed by atoms with E-state index in [-0.39, 0.29) is 17.9 Å². The fraction of sp³-hybridized carbons (Fsp3) is 0.250. The normalized spacial score (nSPS) is 9.96. The van der Waals surface area contributed by atoms with Gasteiger partial charge in [-0.1, -0.05) is 12.1 Å². The van der Waals surface area contributed by atoms with Crippen molar-refractivity contribution in [3.8, 4) is 11.5 Å². The second kappa shape index (κ2) is 9.96. The van der Waals surface area contributed by atoms with Gasteiger partial charge in [-0.2, -0.15) is 0 Å². The number of methoxy groups -OCH3 is 2. The molecule has 8 heteroatoms. The first-order chi connectivity index (χ1) is 13.5.